The first-order valence-corrected chi connectivity index (χ1v) is 9.55. The number of pyridine rings is 1. The molecule has 7 nitrogen and oxygen atoms in total. The van der Waals surface area contributed by atoms with Gasteiger partial charge in [0.25, 0.3) is 0 Å². The zero-order valence-electron chi connectivity index (χ0n) is 17.2. The van der Waals surface area contributed by atoms with Gasteiger partial charge >= 0.3 is 0 Å². The van der Waals surface area contributed by atoms with Crippen molar-refractivity contribution in [1.82, 2.24) is 10.3 Å². The third kappa shape index (κ3) is 5.88. The van der Waals surface area contributed by atoms with Gasteiger partial charge in [-0.05, 0) is 29.3 Å². The summed E-state index contributed by atoms with van der Waals surface area (Å²) in [5.41, 5.74) is 8.98. The molecule has 0 saturated carbocycles. The summed E-state index contributed by atoms with van der Waals surface area (Å²) in [7, 11) is 3.21. The van der Waals surface area contributed by atoms with Crippen molar-refractivity contribution in [2.24, 2.45) is 10.7 Å². The Hall–Kier alpha value is -3.74. The van der Waals surface area contributed by atoms with Crippen LogP contribution in [-0.4, -0.2) is 25.2 Å². The molecule has 3 aromatic rings. The summed E-state index contributed by atoms with van der Waals surface area (Å²) >= 11 is 0. The Morgan fingerprint density at radius 1 is 0.967 bits per heavy atom. The van der Waals surface area contributed by atoms with Crippen molar-refractivity contribution < 1.29 is 14.2 Å². The van der Waals surface area contributed by atoms with E-state index >= 15 is 0 Å². The molecule has 3 N–H and O–H groups in total. The number of aliphatic imine (C=N–C) groups is 1. The standard InChI is InChI=1S/C23H26N4O3/c1-28-20-11-10-18(13-21(20)29-2)14-26-23(24)27-15-19-9-6-12-25-22(19)30-16-17-7-4-3-5-8-17/h3-13H,14-16H2,1-2H3,(H3,24,26,27). The van der Waals surface area contributed by atoms with Crippen LogP contribution in [0.4, 0.5) is 0 Å². The van der Waals surface area contributed by atoms with Gasteiger partial charge in [-0.1, -0.05) is 42.5 Å². The SMILES string of the molecule is COc1ccc(CN=C(N)NCc2cccnc2OCc2ccccc2)cc1OC. The van der Waals surface area contributed by atoms with E-state index in [2.05, 4.69) is 15.3 Å². The molecule has 7 heteroatoms. The van der Waals surface area contributed by atoms with Gasteiger partial charge < -0.3 is 25.3 Å². The summed E-state index contributed by atoms with van der Waals surface area (Å²) in [5.74, 6) is 2.24. The minimum absolute atomic E-state index is 0.336. The van der Waals surface area contributed by atoms with Gasteiger partial charge in [-0.25, -0.2) is 9.98 Å². The van der Waals surface area contributed by atoms with Gasteiger partial charge in [0.1, 0.15) is 6.61 Å². The Morgan fingerprint density at radius 3 is 2.53 bits per heavy atom. The first kappa shape index (κ1) is 21.0. The highest BCUT2D eigenvalue weighted by Crippen LogP contribution is 2.27. The van der Waals surface area contributed by atoms with E-state index in [9.17, 15) is 0 Å². The molecule has 0 radical (unpaired) electrons. The highest BCUT2D eigenvalue weighted by Gasteiger charge is 2.07. The molecule has 1 aromatic heterocycles. The summed E-state index contributed by atoms with van der Waals surface area (Å²) in [4.78, 5) is 8.72. The van der Waals surface area contributed by atoms with E-state index in [4.69, 9.17) is 19.9 Å². The van der Waals surface area contributed by atoms with Crippen molar-refractivity contribution >= 4 is 5.96 Å². The van der Waals surface area contributed by atoms with Crippen LogP contribution in [0.2, 0.25) is 0 Å². The molecule has 0 aliphatic rings. The zero-order valence-corrected chi connectivity index (χ0v) is 17.2. The topological polar surface area (TPSA) is 91.0 Å². The number of nitrogens with one attached hydrogen (secondary N) is 1. The molecular weight excluding hydrogens is 380 g/mol. The average Bonchev–Trinajstić information content (AvgIpc) is 2.81. The molecule has 3 rings (SSSR count). The van der Waals surface area contributed by atoms with E-state index in [1.165, 1.54) is 0 Å². The quantitative estimate of drug-likeness (QED) is 0.419. The number of aromatic nitrogens is 1. The van der Waals surface area contributed by atoms with Crippen molar-refractivity contribution in [3.05, 3.63) is 83.6 Å². The largest absolute Gasteiger partial charge is 0.493 e. The first-order valence-electron chi connectivity index (χ1n) is 9.55. The van der Waals surface area contributed by atoms with E-state index in [1.807, 2.05) is 60.7 Å². The Labute approximate surface area is 176 Å². The first-order chi connectivity index (χ1) is 14.7. The van der Waals surface area contributed by atoms with Gasteiger partial charge in [-0.2, -0.15) is 0 Å². The molecule has 0 spiro atoms. The highest BCUT2D eigenvalue weighted by molar-refractivity contribution is 5.77. The molecule has 0 aliphatic heterocycles. The molecule has 0 fully saturated rings. The lowest BCUT2D eigenvalue weighted by molar-refractivity contribution is 0.290. The van der Waals surface area contributed by atoms with Crippen molar-refractivity contribution in [3.8, 4) is 17.4 Å². The Morgan fingerprint density at radius 2 is 1.77 bits per heavy atom. The fourth-order valence-corrected chi connectivity index (χ4v) is 2.81. The summed E-state index contributed by atoms with van der Waals surface area (Å²) in [6.07, 6.45) is 1.71. The highest BCUT2D eigenvalue weighted by atomic mass is 16.5. The average molecular weight is 406 g/mol. The van der Waals surface area contributed by atoms with Crippen LogP contribution in [0.1, 0.15) is 16.7 Å². The minimum Gasteiger partial charge on any atom is -0.493 e. The number of benzene rings is 2. The fraction of sp³-hybridized carbons (Fsp3) is 0.217. The van der Waals surface area contributed by atoms with Gasteiger partial charge in [0.2, 0.25) is 5.88 Å². The lowest BCUT2D eigenvalue weighted by atomic mass is 10.2. The third-order valence-corrected chi connectivity index (χ3v) is 4.41. The number of nitrogens with two attached hydrogens (primary N) is 1. The van der Waals surface area contributed by atoms with Gasteiger partial charge in [-0.3, -0.25) is 0 Å². The van der Waals surface area contributed by atoms with Gasteiger partial charge in [0.15, 0.2) is 17.5 Å². The van der Waals surface area contributed by atoms with Crippen LogP contribution in [-0.2, 0) is 19.7 Å². The molecule has 0 atom stereocenters. The summed E-state index contributed by atoms with van der Waals surface area (Å²) < 4.78 is 16.4. The number of hydrogen-bond acceptors (Lipinski definition) is 5. The normalized spacial score (nSPS) is 11.1. The summed E-state index contributed by atoms with van der Waals surface area (Å²) in [5, 5.41) is 3.11. The van der Waals surface area contributed by atoms with Crippen LogP contribution in [0.5, 0.6) is 17.4 Å². The van der Waals surface area contributed by atoms with Crippen LogP contribution < -0.4 is 25.3 Å². The molecule has 30 heavy (non-hydrogen) atoms. The predicted octanol–water partition coefficient (Wildman–Crippen LogP) is 3.28. The van der Waals surface area contributed by atoms with Crippen molar-refractivity contribution in [2.75, 3.05) is 14.2 Å². The number of methoxy groups -OCH3 is 2. The lowest BCUT2D eigenvalue weighted by Crippen LogP contribution is -2.31. The number of hydrogen-bond donors (Lipinski definition) is 2. The lowest BCUT2D eigenvalue weighted by Gasteiger charge is -2.12. The van der Waals surface area contributed by atoms with E-state index in [1.54, 1.807) is 20.4 Å². The molecule has 0 aliphatic carbocycles. The molecular formula is C23H26N4O3. The third-order valence-electron chi connectivity index (χ3n) is 4.41. The van der Waals surface area contributed by atoms with Crippen molar-refractivity contribution in [1.29, 1.82) is 0 Å². The van der Waals surface area contributed by atoms with Gasteiger partial charge in [0.05, 0.1) is 20.8 Å². The summed E-state index contributed by atoms with van der Waals surface area (Å²) in [6.45, 7) is 1.33. The van der Waals surface area contributed by atoms with Gasteiger partial charge in [0, 0.05) is 18.3 Å². The summed E-state index contributed by atoms with van der Waals surface area (Å²) in [6, 6.07) is 19.4. The second-order valence-corrected chi connectivity index (χ2v) is 6.49. The molecule has 0 bridgehead atoms. The number of rotatable bonds is 9. The van der Waals surface area contributed by atoms with E-state index < -0.39 is 0 Å². The number of guanidine groups is 1. The second kappa shape index (κ2) is 10.7. The van der Waals surface area contributed by atoms with Crippen LogP contribution in [0.15, 0.2) is 71.9 Å². The Balaban J connectivity index is 1.57. The zero-order chi connectivity index (χ0) is 21.2. The number of ether oxygens (including phenoxy) is 3. The molecule has 1 heterocycles. The minimum atomic E-state index is 0.336. The van der Waals surface area contributed by atoms with E-state index in [0.29, 0.717) is 43.0 Å². The van der Waals surface area contributed by atoms with Crippen molar-refractivity contribution in [2.45, 2.75) is 19.7 Å². The van der Waals surface area contributed by atoms with E-state index in [0.717, 1.165) is 16.7 Å². The Bertz CT molecular complexity index is 977. The fourth-order valence-electron chi connectivity index (χ4n) is 2.81. The molecule has 2 aromatic carbocycles. The molecule has 0 unspecified atom stereocenters. The van der Waals surface area contributed by atoms with Crippen LogP contribution in [0.3, 0.4) is 0 Å². The van der Waals surface area contributed by atoms with Crippen LogP contribution in [0, 0.1) is 0 Å². The van der Waals surface area contributed by atoms with Crippen LogP contribution in [0.25, 0.3) is 0 Å². The van der Waals surface area contributed by atoms with Gasteiger partial charge in [-0.15, -0.1) is 0 Å². The molecule has 0 amide bonds. The second-order valence-electron chi connectivity index (χ2n) is 6.49. The maximum Gasteiger partial charge on any atom is 0.218 e. The van der Waals surface area contributed by atoms with E-state index in [-0.39, 0.29) is 0 Å². The smallest absolute Gasteiger partial charge is 0.218 e. The van der Waals surface area contributed by atoms with Crippen molar-refractivity contribution in [3.63, 3.8) is 0 Å². The van der Waals surface area contributed by atoms with Crippen LogP contribution >= 0.6 is 0 Å². The predicted molar refractivity (Wildman–Crippen MR) is 117 cm³/mol. The maximum atomic E-state index is 6.03. The maximum absolute atomic E-state index is 6.03. The Kier molecular flexibility index (Phi) is 7.49. The molecule has 156 valence electrons. The number of nitrogens with zero attached hydrogens (tertiary/aromatic N) is 2. The molecule has 0 saturated heterocycles. The monoisotopic (exact) mass is 406 g/mol.